The van der Waals surface area contributed by atoms with Gasteiger partial charge in [0.1, 0.15) is 19.3 Å². The van der Waals surface area contributed by atoms with Crippen LogP contribution >= 0.6 is 15.6 Å². The van der Waals surface area contributed by atoms with Gasteiger partial charge in [-0.25, -0.2) is 9.13 Å². The van der Waals surface area contributed by atoms with Gasteiger partial charge in [0.25, 0.3) is 0 Å². The van der Waals surface area contributed by atoms with E-state index in [1.165, 1.54) is 263 Å². The predicted octanol–water partition coefficient (Wildman–Crippen LogP) is 26.7. The first kappa shape index (κ1) is 105. The third-order valence-electron chi connectivity index (χ3n) is 20.5. The molecule has 0 aromatic heterocycles. The summed E-state index contributed by atoms with van der Waals surface area (Å²) in [7, 11) is -9.94. The summed E-state index contributed by atoms with van der Waals surface area (Å²) in [6.45, 7) is 7.37. The molecule has 6 atom stereocenters. The van der Waals surface area contributed by atoms with E-state index in [0.29, 0.717) is 25.7 Å². The predicted molar refractivity (Wildman–Crippen MR) is 441 cm³/mol. The zero-order valence-corrected chi connectivity index (χ0v) is 71.6. The van der Waals surface area contributed by atoms with Crippen LogP contribution in [0.3, 0.4) is 0 Å². The number of aliphatic hydroxyl groups is 1. The van der Waals surface area contributed by atoms with Crippen molar-refractivity contribution in [2.24, 2.45) is 5.92 Å². The first-order valence-electron chi connectivity index (χ1n) is 45.0. The summed E-state index contributed by atoms with van der Waals surface area (Å²) in [5, 5.41) is 10.7. The van der Waals surface area contributed by atoms with Gasteiger partial charge in [-0.05, 0) is 57.3 Å². The molecule has 0 bridgehead atoms. The minimum absolute atomic E-state index is 0.0859. The average molecular weight is 1560 g/mol. The normalized spacial score (nSPS) is 14.1. The number of esters is 4. The standard InChI is InChI=1S/C88H168O17P2/c1-6-10-13-16-19-22-25-28-30-31-32-33-34-35-37-44-49-54-59-64-69-74-88(93)105-84(78-99-86(91)72-67-62-57-52-47-42-39-38-41-45-50-55-60-65-70-81(5)9-4)80-103-107(96,97)101-76-82(89)75-100-106(94,95)102-79-83(77-98-85(90)71-66-61-56-51-46-40-27-24-21-18-15-12-8-3)104-87(92)73-68-63-58-53-48-43-36-29-26-23-20-17-14-11-7-2/h23,26,29,36,81-84,89H,6-22,24-25,27-28,30-35,37-80H2,1-5H3,(H,94,95)(H,96,97)/b26-23-,36-29-/t81?,82-,83+,84+/m0/s1. The Hall–Kier alpha value is -2.46. The number of unbranched alkanes of at least 4 members (excludes halogenated alkanes) is 54. The van der Waals surface area contributed by atoms with Crippen molar-refractivity contribution < 1.29 is 80.2 Å². The Kier molecular flexibility index (Phi) is 78.3. The van der Waals surface area contributed by atoms with Crippen LogP contribution in [0.25, 0.3) is 0 Å². The molecule has 0 radical (unpaired) electrons. The maximum atomic E-state index is 13.2. The monoisotopic (exact) mass is 1560 g/mol. The molecule has 0 aliphatic rings. The van der Waals surface area contributed by atoms with Gasteiger partial charge < -0.3 is 33.8 Å². The van der Waals surface area contributed by atoms with Gasteiger partial charge in [0.2, 0.25) is 0 Å². The third kappa shape index (κ3) is 80.0. The average Bonchev–Trinajstić information content (AvgIpc) is 0.902. The Labute approximate surface area is 656 Å². The van der Waals surface area contributed by atoms with E-state index < -0.39 is 97.5 Å². The van der Waals surface area contributed by atoms with Gasteiger partial charge in [-0.2, -0.15) is 0 Å². The number of carbonyl (C=O) groups excluding carboxylic acids is 4. The molecule has 0 amide bonds. The number of aliphatic hydroxyl groups excluding tert-OH is 1. The zero-order valence-electron chi connectivity index (χ0n) is 69.8. The van der Waals surface area contributed by atoms with Crippen molar-refractivity contribution in [3.8, 4) is 0 Å². The lowest BCUT2D eigenvalue weighted by molar-refractivity contribution is -0.161. The van der Waals surface area contributed by atoms with Crippen LogP contribution in [0.1, 0.15) is 452 Å². The fraction of sp³-hybridized carbons (Fsp3) is 0.909. The number of phosphoric ester groups is 2. The highest BCUT2D eigenvalue weighted by atomic mass is 31.2. The maximum Gasteiger partial charge on any atom is 0.472 e. The van der Waals surface area contributed by atoms with Gasteiger partial charge in [0, 0.05) is 25.7 Å². The first-order valence-corrected chi connectivity index (χ1v) is 48.0. The van der Waals surface area contributed by atoms with Gasteiger partial charge in [-0.15, -0.1) is 0 Å². The molecule has 17 nitrogen and oxygen atoms in total. The van der Waals surface area contributed by atoms with Crippen molar-refractivity contribution in [1.82, 2.24) is 0 Å². The minimum Gasteiger partial charge on any atom is -0.462 e. The topological polar surface area (TPSA) is 237 Å². The molecule has 632 valence electrons. The second-order valence-electron chi connectivity index (χ2n) is 31.2. The summed E-state index contributed by atoms with van der Waals surface area (Å²) in [5.74, 6) is -1.28. The summed E-state index contributed by atoms with van der Waals surface area (Å²) in [6.07, 6.45) is 77.1. The number of rotatable bonds is 86. The van der Waals surface area contributed by atoms with Crippen LogP contribution in [-0.2, 0) is 65.4 Å². The molecule has 0 fully saturated rings. The van der Waals surface area contributed by atoms with Crippen LogP contribution in [0.5, 0.6) is 0 Å². The van der Waals surface area contributed by atoms with E-state index in [0.717, 1.165) is 109 Å². The summed E-state index contributed by atoms with van der Waals surface area (Å²) < 4.78 is 68.9. The lowest BCUT2D eigenvalue weighted by atomic mass is 9.99. The third-order valence-corrected chi connectivity index (χ3v) is 22.4. The fourth-order valence-corrected chi connectivity index (χ4v) is 14.8. The van der Waals surface area contributed by atoms with E-state index in [1.54, 1.807) is 0 Å². The summed E-state index contributed by atoms with van der Waals surface area (Å²) in [5.41, 5.74) is 0. The number of phosphoric acid groups is 2. The summed E-state index contributed by atoms with van der Waals surface area (Å²) in [6, 6.07) is 0. The van der Waals surface area contributed by atoms with E-state index in [1.807, 2.05) is 0 Å². The molecule has 19 heteroatoms. The Bertz CT molecular complexity index is 2130. The van der Waals surface area contributed by atoms with Crippen molar-refractivity contribution in [2.75, 3.05) is 39.6 Å². The smallest absolute Gasteiger partial charge is 0.462 e. The van der Waals surface area contributed by atoms with E-state index in [2.05, 4.69) is 58.9 Å². The molecule has 0 saturated carbocycles. The number of hydrogen-bond acceptors (Lipinski definition) is 15. The van der Waals surface area contributed by atoms with Crippen molar-refractivity contribution in [1.29, 1.82) is 0 Å². The first-order chi connectivity index (χ1) is 52.1. The Morgan fingerprint density at radius 2 is 0.523 bits per heavy atom. The molecule has 0 aromatic rings. The van der Waals surface area contributed by atoms with Gasteiger partial charge >= 0.3 is 39.5 Å². The van der Waals surface area contributed by atoms with Crippen molar-refractivity contribution >= 4 is 39.5 Å². The quantitative estimate of drug-likeness (QED) is 0.0169. The van der Waals surface area contributed by atoms with Crippen LogP contribution in [-0.4, -0.2) is 96.7 Å². The Balaban J connectivity index is 5.28. The van der Waals surface area contributed by atoms with Crippen molar-refractivity contribution in [3.05, 3.63) is 24.3 Å². The molecule has 0 aliphatic heterocycles. The van der Waals surface area contributed by atoms with E-state index in [9.17, 15) is 43.2 Å². The molecule has 0 heterocycles. The molecule has 0 aromatic carbocycles. The molecule has 107 heavy (non-hydrogen) atoms. The van der Waals surface area contributed by atoms with Crippen molar-refractivity contribution in [2.45, 2.75) is 470 Å². The highest BCUT2D eigenvalue weighted by Gasteiger charge is 2.30. The number of ether oxygens (including phenoxy) is 4. The molecule has 0 aliphatic carbocycles. The molecular weight excluding hydrogens is 1390 g/mol. The molecular formula is C88H168O17P2. The van der Waals surface area contributed by atoms with Crippen molar-refractivity contribution in [3.63, 3.8) is 0 Å². The van der Waals surface area contributed by atoms with E-state index in [4.69, 9.17) is 37.0 Å². The van der Waals surface area contributed by atoms with Gasteiger partial charge in [0.05, 0.1) is 26.4 Å². The molecule has 0 saturated heterocycles. The van der Waals surface area contributed by atoms with Crippen LogP contribution in [0.2, 0.25) is 0 Å². The fourth-order valence-electron chi connectivity index (χ4n) is 13.3. The minimum atomic E-state index is -4.97. The number of carbonyl (C=O) groups is 4. The summed E-state index contributed by atoms with van der Waals surface area (Å²) in [4.78, 5) is 73.3. The zero-order chi connectivity index (χ0) is 78.3. The van der Waals surface area contributed by atoms with Gasteiger partial charge in [-0.3, -0.25) is 37.3 Å². The summed E-state index contributed by atoms with van der Waals surface area (Å²) >= 11 is 0. The van der Waals surface area contributed by atoms with Crippen LogP contribution in [0, 0.1) is 5.92 Å². The lowest BCUT2D eigenvalue weighted by Gasteiger charge is -2.21. The highest BCUT2D eigenvalue weighted by Crippen LogP contribution is 2.45. The Morgan fingerprint density at radius 1 is 0.299 bits per heavy atom. The van der Waals surface area contributed by atoms with Crippen LogP contribution < -0.4 is 0 Å². The van der Waals surface area contributed by atoms with Gasteiger partial charge in [-0.1, -0.05) is 399 Å². The van der Waals surface area contributed by atoms with E-state index in [-0.39, 0.29) is 25.7 Å². The second-order valence-corrected chi connectivity index (χ2v) is 34.1. The molecule has 0 rings (SSSR count). The molecule has 0 spiro atoms. The maximum absolute atomic E-state index is 13.2. The second kappa shape index (κ2) is 80.2. The van der Waals surface area contributed by atoms with Gasteiger partial charge in [0.15, 0.2) is 12.2 Å². The molecule has 3 N–H and O–H groups in total. The highest BCUT2D eigenvalue weighted by molar-refractivity contribution is 7.47. The lowest BCUT2D eigenvalue weighted by Crippen LogP contribution is -2.30. The Morgan fingerprint density at radius 3 is 0.794 bits per heavy atom. The largest absolute Gasteiger partial charge is 0.472 e. The van der Waals surface area contributed by atoms with Crippen LogP contribution in [0.15, 0.2) is 24.3 Å². The van der Waals surface area contributed by atoms with Crippen LogP contribution in [0.4, 0.5) is 0 Å². The van der Waals surface area contributed by atoms with E-state index >= 15 is 0 Å². The SMILES string of the molecule is CCCCCC/C=C\C=C/CCCCCCCC(=O)O[C@H](COC(=O)CCCCCCCCCCCCCCC)COP(=O)(O)OC[C@H](O)COP(=O)(O)OC[C@@H](COC(=O)CCCCCCCCCCCCCCCCC(C)CC)OC(=O)CCCCCCCCCCCCCCCCCCCCCCC. The number of allylic oxidation sites excluding steroid dienone is 4. The molecule has 3 unspecified atom stereocenters. The number of hydrogen-bond donors (Lipinski definition) is 3.